The van der Waals surface area contributed by atoms with E-state index in [9.17, 15) is 4.79 Å². The van der Waals surface area contributed by atoms with Gasteiger partial charge in [0.15, 0.2) is 0 Å². The van der Waals surface area contributed by atoms with Gasteiger partial charge in [0, 0.05) is 26.4 Å². The molecule has 16 heavy (non-hydrogen) atoms. The fraction of sp³-hybridized carbons (Fsp3) is 0.222. The quantitative estimate of drug-likeness (QED) is 0.744. The second-order valence-electron chi connectivity index (χ2n) is 3.43. The first kappa shape index (κ1) is 10.2. The maximum atomic E-state index is 11.8. The largest absolute Gasteiger partial charge is 0.382 e. The lowest BCUT2D eigenvalue weighted by Crippen LogP contribution is -2.15. The van der Waals surface area contributed by atoms with Crippen LogP contribution >= 0.6 is 0 Å². The molecule has 0 atom stereocenters. The number of hydrogen-bond acceptors (Lipinski definition) is 4. The normalized spacial score (nSPS) is 10.4. The first-order chi connectivity index (χ1) is 7.56. The standard InChI is InChI=1S/C9H12N6O/c1-14-5-6(4-11-14)12-9(16)7-3-8(10)13-15(7)2/h3-5H,1-2H3,(H2,10,13)(H,12,16). The van der Waals surface area contributed by atoms with Crippen molar-refractivity contribution in [3.05, 3.63) is 24.2 Å². The number of carbonyl (C=O) groups is 1. The van der Waals surface area contributed by atoms with Gasteiger partial charge in [-0.3, -0.25) is 14.2 Å². The molecule has 0 fully saturated rings. The highest BCUT2D eigenvalue weighted by molar-refractivity contribution is 6.03. The average Bonchev–Trinajstić information content (AvgIpc) is 2.73. The van der Waals surface area contributed by atoms with E-state index in [0.29, 0.717) is 17.2 Å². The highest BCUT2D eigenvalue weighted by atomic mass is 16.2. The van der Waals surface area contributed by atoms with Crippen LogP contribution in [0.15, 0.2) is 18.5 Å². The molecule has 2 rings (SSSR count). The molecule has 0 unspecified atom stereocenters. The zero-order chi connectivity index (χ0) is 11.7. The van der Waals surface area contributed by atoms with E-state index in [1.165, 1.54) is 10.7 Å². The van der Waals surface area contributed by atoms with Crippen molar-refractivity contribution in [3.63, 3.8) is 0 Å². The Morgan fingerprint density at radius 3 is 2.75 bits per heavy atom. The minimum absolute atomic E-state index is 0.264. The predicted molar refractivity (Wildman–Crippen MR) is 58.8 cm³/mol. The van der Waals surface area contributed by atoms with Gasteiger partial charge in [-0.25, -0.2) is 0 Å². The van der Waals surface area contributed by atoms with Gasteiger partial charge >= 0.3 is 0 Å². The topological polar surface area (TPSA) is 90.8 Å². The molecule has 0 aromatic carbocycles. The molecule has 2 aromatic rings. The number of anilines is 2. The summed E-state index contributed by atoms with van der Waals surface area (Å²) in [6.07, 6.45) is 3.27. The van der Waals surface area contributed by atoms with Gasteiger partial charge in [-0.05, 0) is 0 Å². The molecule has 0 radical (unpaired) electrons. The summed E-state index contributed by atoms with van der Waals surface area (Å²) in [5, 5.41) is 10.5. The van der Waals surface area contributed by atoms with Crippen molar-refractivity contribution < 1.29 is 4.79 Å². The molecular formula is C9H12N6O. The van der Waals surface area contributed by atoms with E-state index in [-0.39, 0.29) is 5.91 Å². The summed E-state index contributed by atoms with van der Waals surface area (Å²) >= 11 is 0. The predicted octanol–water partition coefficient (Wildman–Crippen LogP) is -0.0119. The summed E-state index contributed by atoms with van der Waals surface area (Å²) in [4.78, 5) is 11.8. The molecule has 0 bridgehead atoms. The lowest BCUT2D eigenvalue weighted by Gasteiger charge is -2.01. The molecule has 2 aromatic heterocycles. The first-order valence-electron chi connectivity index (χ1n) is 4.66. The summed E-state index contributed by atoms with van der Waals surface area (Å²) < 4.78 is 3.04. The second-order valence-corrected chi connectivity index (χ2v) is 3.43. The number of aromatic nitrogens is 4. The second kappa shape index (κ2) is 3.69. The van der Waals surface area contributed by atoms with E-state index < -0.39 is 0 Å². The number of hydrogen-bond donors (Lipinski definition) is 2. The number of nitrogen functional groups attached to an aromatic ring is 1. The number of carbonyl (C=O) groups excluding carboxylic acids is 1. The Morgan fingerprint density at radius 2 is 2.25 bits per heavy atom. The molecule has 0 saturated heterocycles. The van der Waals surface area contributed by atoms with Gasteiger partial charge in [0.05, 0.1) is 11.9 Å². The van der Waals surface area contributed by atoms with E-state index >= 15 is 0 Å². The molecule has 7 heteroatoms. The number of amides is 1. The summed E-state index contributed by atoms with van der Waals surface area (Å²) in [6.45, 7) is 0. The Labute approximate surface area is 91.8 Å². The Bertz CT molecular complexity index is 526. The molecule has 7 nitrogen and oxygen atoms in total. The molecule has 0 aliphatic rings. The fourth-order valence-electron chi connectivity index (χ4n) is 1.38. The van der Waals surface area contributed by atoms with Crippen molar-refractivity contribution in [3.8, 4) is 0 Å². The monoisotopic (exact) mass is 220 g/mol. The highest BCUT2D eigenvalue weighted by Crippen LogP contribution is 2.09. The van der Waals surface area contributed by atoms with E-state index in [1.807, 2.05) is 0 Å². The number of nitrogens with zero attached hydrogens (tertiary/aromatic N) is 4. The van der Waals surface area contributed by atoms with Crippen molar-refractivity contribution in [2.75, 3.05) is 11.1 Å². The van der Waals surface area contributed by atoms with Crippen LogP contribution in [-0.2, 0) is 14.1 Å². The summed E-state index contributed by atoms with van der Waals surface area (Å²) in [6, 6.07) is 1.52. The van der Waals surface area contributed by atoms with Crippen molar-refractivity contribution >= 4 is 17.4 Å². The van der Waals surface area contributed by atoms with Crippen LogP contribution in [0.3, 0.4) is 0 Å². The van der Waals surface area contributed by atoms with Crippen LogP contribution in [0, 0.1) is 0 Å². The number of nitrogens with two attached hydrogens (primary N) is 1. The SMILES string of the molecule is Cn1cc(NC(=O)c2cc(N)nn2C)cn1. The summed E-state index contributed by atoms with van der Waals surface area (Å²) in [7, 11) is 3.44. The van der Waals surface area contributed by atoms with Crippen LogP contribution in [0.25, 0.3) is 0 Å². The van der Waals surface area contributed by atoms with Crippen molar-refractivity contribution in [2.45, 2.75) is 0 Å². The van der Waals surface area contributed by atoms with Crippen LogP contribution < -0.4 is 11.1 Å². The Hall–Kier alpha value is -2.31. The minimum Gasteiger partial charge on any atom is -0.382 e. The third-order valence-corrected chi connectivity index (χ3v) is 2.09. The van der Waals surface area contributed by atoms with Gasteiger partial charge in [-0.2, -0.15) is 10.2 Å². The molecule has 3 N–H and O–H groups in total. The van der Waals surface area contributed by atoms with Crippen molar-refractivity contribution in [1.82, 2.24) is 19.6 Å². The smallest absolute Gasteiger partial charge is 0.274 e. The third kappa shape index (κ3) is 1.88. The molecule has 0 saturated carbocycles. The van der Waals surface area contributed by atoms with Gasteiger partial charge in [0.25, 0.3) is 5.91 Å². The third-order valence-electron chi connectivity index (χ3n) is 2.09. The Kier molecular flexibility index (Phi) is 2.35. The number of nitrogens with one attached hydrogen (secondary N) is 1. The van der Waals surface area contributed by atoms with Crippen LogP contribution in [0.4, 0.5) is 11.5 Å². The zero-order valence-electron chi connectivity index (χ0n) is 9.01. The maximum absolute atomic E-state index is 11.8. The van der Waals surface area contributed by atoms with Gasteiger partial charge in [-0.15, -0.1) is 0 Å². The Balaban J connectivity index is 2.17. The van der Waals surface area contributed by atoms with Crippen LogP contribution in [-0.4, -0.2) is 25.5 Å². The summed E-state index contributed by atoms with van der Waals surface area (Å²) in [5.74, 6) is 0.0542. The van der Waals surface area contributed by atoms with Crippen LogP contribution in [0.2, 0.25) is 0 Å². The zero-order valence-corrected chi connectivity index (χ0v) is 9.01. The van der Waals surface area contributed by atoms with Crippen molar-refractivity contribution in [2.24, 2.45) is 14.1 Å². The minimum atomic E-state index is -0.264. The lowest BCUT2D eigenvalue weighted by atomic mass is 10.4. The van der Waals surface area contributed by atoms with Crippen LogP contribution in [0.5, 0.6) is 0 Å². The van der Waals surface area contributed by atoms with E-state index in [4.69, 9.17) is 5.73 Å². The van der Waals surface area contributed by atoms with Gasteiger partial charge in [-0.1, -0.05) is 0 Å². The van der Waals surface area contributed by atoms with E-state index in [0.717, 1.165) is 0 Å². The molecule has 0 aliphatic heterocycles. The molecule has 84 valence electrons. The Morgan fingerprint density at radius 1 is 1.50 bits per heavy atom. The maximum Gasteiger partial charge on any atom is 0.274 e. The van der Waals surface area contributed by atoms with Crippen molar-refractivity contribution in [1.29, 1.82) is 0 Å². The molecule has 0 spiro atoms. The lowest BCUT2D eigenvalue weighted by molar-refractivity contribution is 0.101. The molecule has 0 aliphatic carbocycles. The molecule has 1 amide bonds. The van der Waals surface area contributed by atoms with Gasteiger partial charge < -0.3 is 11.1 Å². The first-order valence-corrected chi connectivity index (χ1v) is 4.66. The van der Waals surface area contributed by atoms with E-state index in [2.05, 4.69) is 15.5 Å². The highest BCUT2D eigenvalue weighted by Gasteiger charge is 2.12. The average molecular weight is 220 g/mol. The molecule has 2 heterocycles. The van der Waals surface area contributed by atoms with Gasteiger partial charge in [0.1, 0.15) is 11.5 Å². The van der Waals surface area contributed by atoms with E-state index in [1.54, 1.807) is 31.2 Å². The molecular weight excluding hydrogens is 208 g/mol. The number of aryl methyl sites for hydroxylation is 2. The number of rotatable bonds is 2. The van der Waals surface area contributed by atoms with Crippen LogP contribution in [0.1, 0.15) is 10.5 Å². The van der Waals surface area contributed by atoms with Gasteiger partial charge in [0.2, 0.25) is 0 Å². The summed E-state index contributed by atoms with van der Waals surface area (Å²) in [5.41, 5.74) is 6.52. The fourth-order valence-corrected chi connectivity index (χ4v) is 1.38.